The van der Waals surface area contributed by atoms with E-state index in [2.05, 4.69) is 10.6 Å². The summed E-state index contributed by atoms with van der Waals surface area (Å²) in [5.41, 5.74) is -1.77. The molecule has 0 aromatic rings. The molecule has 0 saturated carbocycles. The standard InChI is InChI=1S/C12H24N2O4/c1-6-12(7-2,9(15)16)14-10(17)13-11(3,4)8-18-5/h6-8H2,1-5H3,(H,15,16)(H2,13,14,17). The minimum Gasteiger partial charge on any atom is -0.480 e. The summed E-state index contributed by atoms with van der Waals surface area (Å²) in [4.78, 5) is 23.1. The number of carbonyl (C=O) groups excluding carboxylic acids is 1. The lowest BCUT2D eigenvalue weighted by Gasteiger charge is -2.31. The number of ether oxygens (including phenoxy) is 1. The van der Waals surface area contributed by atoms with E-state index in [1.807, 2.05) is 0 Å². The number of carboxylic acids is 1. The van der Waals surface area contributed by atoms with Gasteiger partial charge in [-0.05, 0) is 26.7 Å². The summed E-state index contributed by atoms with van der Waals surface area (Å²) in [7, 11) is 1.54. The third-order valence-corrected chi connectivity index (χ3v) is 2.93. The first-order chi connectivity index (χ1) is 8.23. The molecule has 0 heterocycles. The van der Waals surface area contributed by atoms with Crippen molar-refractivity contribution in [2.45, 2.75) is 51.6 Å². The third kappa shape index (κ3) is 4.52. The van der Waals surface area contributed by atoms with Crippen LogP contribution in [-0.2, 0) is 9.53 Å². The highest BCUT2D eigenvalue weighted by Gasteiger charge is 2.37. The average molecular weight is 260 g/mol. The van der Waals surface area contributed by atoms with E-state index < -0.39 is 23.1 Å². The van der Waals surface area contributed by atoms with Crippen molar-refractivity contribution >= 4 is 12.0 Å². The minimum absolute atomic E-state index is 0.330. The van der Waals surface area contributed by atoms with Gasteiger partial charge in [-0.15, -0.1) is 0 Å². The molecule has 0 saturated heterocycles. The van der Waals surface area contributed by atoms with Gasteiger partial charge in [0.25, 0.3) is 0 Å². The van der Waals surface area contributed by atoms with Gasteiger partial charge in [0.15, 0.2) is 0 Å². The van der Waals surface area contributed by atoms with Gasteiger partial charge in [0.05, 0.1) is 12.1 Å². The van der Waals surface area contributed by atoms with Crippen molar-refractivity contribution in [1.29, 1.82) is 0 Å². The lowest BCUT2D eigenvalue weighted by Crippen LogP contribution is -2.60. The van der Waals surface area contributed by atoms with E-state index in [-0.39, 0.29) is 0 Å². The molecule has 0 radical (unpaired) electrons. The number of hydrogen-bond donors (Lipinski definition) is 3. The number of nitrogens with one attached hydrogen (secondary N) is 2. The van der Waals surface area contributed by atoms with E-state index in [4.69, 9.17) is 4.74 Å². The normalized spacial score (nSPS) is 12.1. The van der Waals surface area contributed by atoms with Crippen molar-refractivity contribution in [3.8, 4) is 0 Å². The van der Waals surface area contributed by atoms with E-state index in [9.17, 15) is 14.7 Å². The molecular formula is C12H24N2O4. The number of methoxy groups -OCH3 is 1. The minimum atomic E-state index is -1.22. The Morgan fingerprint density at radius 3 is 2.00 bits per heavy atom. The van der Waals surface area contributed by atoms with Crippen molar-refractivity contribution in [2.75, 3.05) is 13.7 Å². The maximum absolute atomic E-state index is 11.8. The maximum Gasteiger partial charge on any atom is 0.329 e. The molecule has 106 valence electrons. The first kappa shape index (κ1) is 16.7. The Labute approximate surface area is 108 Å². The molecule has 0 aliphatic heterocycles. The number of carbonyl (C=O) groups is 2. The molecule has 0 bridgehead atoms. The summed E-state index contributed by atoms with van der Waals surface area (Å²) in [6.07, 6.45) is 0.661. The van der Waals surface area contributed by atoms with Gasteiger partial charge in [-0.25, -0.2) is 9.59 Å². The van der Waals surface area contributed by atoms with Crippen LogP contribution in [0, 0.1) is 0 Å². The summed E-state index contributed by atoms with van der Waals surface area (Å²) in [5, 5.41) is 14.4. The highest BCUT2D eigenvalue weighted by atomic mass is 16.5. The molecule has 0 rings (SSSR count). The van der Waals surface area contributed by atoms with Gasteiger partial charge in [0.1, 0.15) is 5.54 Å². The second kappa shape index (κ2) is 6.58. The van der Waals surface area contributed by atoms with E-state index >= 15 is 0 Å². The van der Waals surface area contributed by atoms with Crippen LogP contribution in [0.2, 0.25) is 0 Å². The molecule has 6 nitrogen and oxygen atoms in total. The van der Waals surface area contributed by atoms with Crippen LogP contribution in [0.5, 0.6) is 0 Å². The molecule has 0 aliphatic carbocycles. The molecule has 0 fully saturated rings. The molecule has 0 unspecified atom stereocenters. The van der Waals surface area contributed by atoms with E-state index in [0.717, 1.165) is 0 Å². The number of carboxylic acid groups (broad SMARTS) is 1. The Bertz CT molecular complexity index is 298. The van der Waals surface area contributed by atoms with Crippen LogP contribution >= 0.6 is 0 Å². The van der Waals surface area contributed by atoms with E-state index in [1.165, 1.54) is 0 Å². The largest absolute Gasteiger partial charge is 0.480 e. The van der Waals surface area contributed by atoms with Crippen molar-refractivity contribution in [3.63, 3.8) is 0 Å². The quantitative estimate of drug-likeness (QED) is 0.645. The molecule has 0 aromatic carbocycles. The average Bonchev–Trinajstić information content (AvgIpc) is 2.24. The molecule has 18 heavy (non-hydrogen) atoms. The highest BCUT2D eigenvalue weighted by molar-refractivity contribution is 5.86. The zero-order valence-electron chi connectivity index (χ0n) is 11.8. The summed E-state index contributed by atoms with van der Waals surface area (Å²) in [6, 6.07) is -0.497. The molecule has 3 N–H and O–H groups in total. The number of amides is 2. The Morgan fingerprint density at radius 1 is 1.17 bits per heavy atom. The molecule has 0 aliphatic rings. The van der Waals surface area contributed by atoms with Gasteiger partial charge >= 0.3 is 12.0 Å². The summed E-state index contributed by atoms with van der Waals surface area (Å²) >= 11 is 0. The van der Waals surface area contributed by atoms with Crippen molar-refractivity contribution in [2.24, 2.45) is 0 Å². The topological polar surface area (TPSA) is 87.7 Å². The van der Waals surface area contributed by atoms with Crippen molar-refractivity contribution in [3.05, 3.63) is 0 Å². The van der Waals surface area contributed by atoms with Crippen LogP contribution in [0.3, 0.4) is 0 Å². The van der Waals surface area contributed by atoms with Gasteiger partial charge in [0.2, 0.25) is 0 Å². The monoisotopic (exact) mass is 260 g/mol. The first-order valence-corrected chi connectivity index (χ1v) is 6.05. The fraction of sp³-hybridized carbons (Fsp3) is 0.833. The first-order valence-electron chi connectivity index (χ1n) is 6.05. The van der Waals surface area contributed by atoms with Crippen LogP contribution in [-0.4, -0.2) is 41.9 Å². The molecule has 0 spiro atoms. The van der Waals surface area contributed by atoms with E-state index in [1.54, 1.807) is 34.8 Å². The van der Waals surface area contributed by atoms with Crippen LogP contribution in [0.4, 0.5) is 4.79 Å². The Morgan fingerprint density at radius 2 is 1.67 bits per heavy atom. The Kier molecular flexibility index (Phi) is 6.11. The summed E-state index contributed by atoms with van der Waals surface area (Å²) in [5.74, 6) is -1.02. The molecule has 6 heteroatoms. The summed E-state index contributed by atoms with van der Waals surface area (Å²) in [6.45, 7) is 7.42. The van der Waals surface area contributed by atoms with Gasteiger partial charge < -0.3 is 20.5 Å². The zero-order chi connectivity index (χ0) is 14.4. The number of urea groups is 1. The second-order valence-electron chi connectivity index (χ2n) is 4.99. The predicted octanol–water partition coefficient (Wildman–Crippen LogP) is 1.35. The Balaban J connectivity index is 4.68. The number of aliphatic carboxylic acids is 1. The molecular weight excluding hydrogens is 236 g/mol. The van der Waals surface area contributed by atoms with Gasteiger partial charge in [-0.3, -0.25) is 0 Å². The maximum atomic E-state index is 11.8. The van der Waals surface area contributed by atoms with Crippen molar-refractivity contribution < 1.29 is 19.4 Å². The molecule has 0 aromatic heterocycles. The number of rotatable bonds is 7. The van der Waals surface area contributed by atoms with Crippen LogP contribution in [0.15, 0.2) is 0 Å². The van der Waals surface area contributed by atoms with Gasteiger partial charge in [-0.1, -0.05) is 13.8 Å². The number of hydrogen-bond acceptors (Lipinski definition) is 3. The summed E-state index contributed by atoms with van der Waals surface area (Å²) < 4.78 is 4.98. The highest BCUT2D eigenvalue weighted by Crippen LogP contribution is 2.15. The fourth-order valence-corrected chi connectivity index (χ4v) is 1.74. The zero-order valence-corrected chi connectivity index (χ0v) is 11.8. The van der Waals surface area contributed by atoms with Crippen molar-refractivity contribution in [1.82, 2.24) is 10.6 Å². The SMILES string of the molecule is CCC(CC)(NC(=O)NC(C)(C)COC)C(=O)O. The Hall–Kier alpha value is -1.30. The fourth-order valence-electron chi connectivity index (χ4n) is 1.74. The lowest BCUT2D eigenvalue weighted by molar-refractivity contribution is -0.144. The third-order valence-electron chi connectivity index (χ3n) is 2.93. The van der Waals surface area contributed by atoms with E-state index in [0.29, 0.717) is 19.4 Å². The van der Waals surface area contributed by atoms with Gasteiger partial charge in [-0.2, -0.15) is 0 Å². The van der Waals surface area contributed by atoms with Gasteiger partial charge in [0, 0.05) is 7.11 Å². The van der Waals surface area contributed by atoms with Crippen LogP contribution in [0.25, 0.3) is 0 Å². The molecule has 0 atom stereocenters. The smallest absolute Gasteiger partial charge is 0.329 e. The predicted molar refractivity (Wildman–Crippen MR) is 68.6 cm³/mol. The second-order valence-corrected chi connectivity index (χ2v) is 4.99. The molecule has 2 amide bonds. The van der Waals surface area contributed by atoms with Crippen LogP contribution < -0.4 is 10.6 Å². The lowest BCUT2D eigenvalue weighted by atomic mass is 9.93. The van der Waals surface area contributed by atoms with Crippen LogP contribution in [0.1, 0.15) is 40.5 Å².